The molecule has 2 heterocycles. The highest BCUT2D eigenvalue weighted by Crippen LogP contribution is 2.43. The van der Waals surface area contributed by atoms with Gasteiger partial charge in [-0.15, -0.1) is 0 Å². The molecule has 2 atom stereocenters. The fourth-order valence-electron chi connectivity index (χ4n) is 9.42. The highest BCUT2D eigenvalue weighted by Gasteiger charge is 2.51. The molecule has 9 nitrogen and oxygen atoms in total. The van der Waals surface area contributed by atoms with Crippen LogP contribution in [0.5, 0.6) is 11.5 Å². The molecule has 1 aliphatic rings. The molecule has 1 fully saturated rings. The maximum atomic E-state index is 11.7. The highest BCUT2D eigenvalue weighted by atomic mass is 16.7. The van der Waals surface area contributed by atoms with Crippen LogP contribution in [0.1, 0.15) is 162 Å². The van der Waals surface area contributed by atoms with Crippen LogP contribution in [0.15, 0.2) is 103 Å². The van der Waals surface area contributed by atoms with Gasteiger partial charge in [0, 0.05) is 28.8 Å². The minimum Gasteiger partial charge on any atom is -0.491 e. The van der Waals surface area contributed by atoms with Gasteiger partial charge >= 0.3 is 13.1 Å². The number of aryl methyl sites for hydroxylation is 2. The number of aliphatic hydroxyl groups excluding tert-OH is 2. The smallest absolute Gasteiger partial charge is 0.491 e. The lowest BCUT2D eigenvalue weighted by Crippen LogP contribution is -2.41. The van der Waals surface area contributed by atoms with Crippen LogP contribution in [0.4, 0.5) is 0 Å². The van der Waals surface area contributed by atoms with Gasteiger partial charge in [0.1, 0.15) is 24.7 Å². The molecule has 4 aromatic carbocycles. The molecule has 2 N–H and O–H groups in total. The van der Waals surface area contributed by atoms with E-state index in [1.807, 2.05) is 59.9 Å². The topological polar surface area (TPSA) is 117 Å². The van der Waals surface area contributed by atoms with Gasteiger partial charge in [0.2, 0.25) is 0 Å². The quantitative estimate of drug-likeness (QED) is 0.0654. The van der Waals surface area contributed by atoms with Crippen molar-refractivity contribution in [3.05, 3.63) is 142 Å². The van der Waals surface area contributed by atoms with E-state index in [1.165, 1.54) is 29.4 Å². The van der Waals surface area contributed by atoms with Crippen molar-refractivity contribution in [2.24, 2.45) is 10.8 Å². The summed E-state index contributed by atoms with van der Waals surface area (Å²) < 4.78 is 29.3. The van der Waals surface area contributed by atoms with E-state index in [0.717, 1.165) is 70.5 Å². The van der Waals surface area contributed by atoms with Crippen molar-refractivity contribution in [3.8, 4) is 22.6 Å². The molecule has 0 saturated carbocycles. The van der Waals surface area contributed by atoms with Crippen LogP contribution in [0, 0.1) is 24.7 Å². The van der Waals surface area contributed by atoms with E-state index in [2.05, 4.69) is 153 Å². The molecule has 72 heavy (non-hydrogen) atoms. The number of carbonyl (C=O) groups is 1. The lowest BCUT2D eigenvalue weighted by Gasteiger charge is -2.34. The van der Waals surface area contributed by atoms with Crippen molar-refractivity contribution in [2.45, 2.75) is 177 Å². The number of ether oxygens (including phenoxy) is 3. The summed E-state index contributed by atoms with van der Waals surface area (Å²) in [6.45, 7) is 34.1. The monoisotopic (exact) mass is 984 g/mol. The summed E-state index contributed by atoms with van der Waals surface area (Å²) in [6.07, 6.45) is 6.57. The second-order valence-corrected chi connectivity index (χ2v) is 23.0. The van der Waals surface area contributed by atoms with Crippen molar-refractivity contribution in [1.29, 1.82) is 0 Å². The summed E-state index contributed by atoms with van der Waals surface area (Å²) in [5.74, 6) is 1.36. The molecule has 390 valence electrons. The van der Waals surface area contributed by atoms with Crippen LogP contribution in [0.25, 0.3) is 11.1 Å². The van der Waals surface area contributed by atoms with Gasteiger partial charge in [-0.3, -0.25) is 9.78 Å². The Bertz CT molecular complexity index is 2530. The van der Waals surface area contributed by atoms with Crippen LogP contribution in [-0.2, 0) is 36.1 Å². The third-order valence-corrected chi connectivity index (χ3v) is 15.8. The Labute approximate surface area is 433 Å². The average molecular weight is 984 g/mol. The normalized spacial score (nSPS) is 15.6. The molecular weight excluding hydrogens is 897 g/mol. The van der Waals surface area contributed by atoms with E-state index < -0.39 is 12.2 Å². The Morgan fingerprint density at radius 1 is 0.597 bits per heavy atom. The maximum Gasteiger partial charge on any atom is 0.494 e. The lowest BCUT2D eigenvalue weighted by atomic mass is 9.69. The summed E-state index contributed by atoms with van der Waals surface area (Å²) in [4.78, 5) is 16.0. The van der Waals surface area contributed by atoms with Gasteiger partial charge in [0.15, 0.2) is 0 Å². The number of pyridine rings is 1. The Balaban J connectivity index is 0.000000268. The van der Waals surface area contributed by atoms with Crippen LogP contribution >= 0.6 is 0 Å². The zero-order valence-electron chi connectivity index (χ0n) is 46.8. The van der Waals surface area contributed by atoms with Gasteiger partial charge in [-0.25, -0.2) is 0 Å². The van der Waals surface area contributed by atoms with Crippen LogP contribution in [0.2, 0.25) is 0 Å². The fourth-order valence-corrected chi connectivity index (χ4v) is 9.42. The summed E-state index contributed by atoms with van der Waals surface area (Å²) in [7, 11) is 1.04. The maximum absolute atomic E-state index is 11.7. The number of hydrogen-bond donors (Lipinski definition) is 2. The first-order chi connectivity index (χ1) is 33.7. The van der Waals surface area contributed by atoms with Crippen molar-refractivity contribution < 1.29 is 38.5 Å². The molecule has 10 heteroatoms. The number of benzene rings is 4. The van der Waals surface area contributed by atoms with Crippen molar-refractivity contribution in [3.63, 3.8) is 0 Å². The third-order valence-electron chi connectivity index (χ3n) is 15.8. The van der Waals surface area contributed by atoms with E-state index in [-0.39, 0.29) is 65.6 Å². The van der Waals surface area contributed by atoms with Gasteiger partial charge in [-0.05, 0) is 146 Å². The van der Waals surface area contributed by atoms with Gasteiger partial charge in [0.25, 0.3) is 0 Å². The number of esters is 1. The second-order valence-electron chi connectivity index (χ2n) is 23.0. The SMILES string of the molecule is CCC(CC)(c1ccc(-c2cncc(CC(=O)OC)c2)cc1)c1ccc(OCC(O)C(C)(C)C)c(C)c1.CCC(CC)(c1ccc(B2OC(C)(C)C(C)(C)O2)cc1)c1ccc(OCC(O)C(C)(C)C)c(C)c1. The molecule has 0 radical (unpaired) electrons. The molecule has 6 rings (SSSR count). The predicted molar refractivity (Wildman–Crippen MR) is 295 cm³/mol. The highest BCUT2D eigenvalue weighted by molar-refractivity contribution is 6.62. The number of hydrogen-bond acceptors (Lipinski definition) is 9. The van der Waals surface area contributed by atoms with E-state index in [4.69, 9.17) is 23.5 Å². The molecular formula is C62H86BNO8. The molecule has 0 amide bonds. The zero-order valence-corrected chi connectivity index (χ0v) is 46.8. The minimum atomic E-state index is -0.535. The average Bonchev–Trinajstić information content (AvgIpc) is 3.57. The van der Waals surface area contributed by atoms with Gasteiger partial charge < -0.3 is 33.7 Å². The Hall–Kier alpha value is -5.00. The number of methoxy groups -OCH3 is 1. The van der Waals surface area contributed by atoms with Crippen molar-refractivity contribution >= 4 is 18.6 Å². The summed E-state index contributed by atoms with van der Waals surface area (Å²) in [5, 5.41) is 20.7. The molecule has 1 aromatic heterocycles. The number of carbonyl (C=O) groups excluding carboxylic acids is 1. The summed E-state index contributed by atoms with van der Waals surface area (Å²) in [5.41, 5.74) is 9.80. The van der Waals surface area contributed by atoms with Crippen molar-refractivity contribution in [2.75, 3.05) is 20.3 Å². The third kappa shape index (κ3) is 13.2. The summed E-state index contributed by atoms with van der Waals surface area (Å²) in [6, 6.07) is 32.3. The van der Waals surface area contributed by atoms with Crippen LogP contribution < -0.4 is 14.9 Å². The molecule has 0 bridgehead atoms. The van der Waals surface area contributed by atoms with Gasteiger partial charge in [0.05, 0.1) is 36.9 Å². The first kappa shape index (κ1) is 57.9. The van der Waals surface area contributed by atoms with Crippen LogP contribution in [-0.4, -0.2) is 72.0 Å². The van der Waals surface area contributed by atoms with Gasteiger partial charge in [-0.1, -0.05) is 142 Å². The van der Waals surface area contributed by atoms with Crippen molar-refractivity contribution in [1.82, 2.24) is 4.98 Å². The van der Waals surface area contributed by atoms with E-state index in [1.54, 1.807) is 6.20 Å². The standard InChI is InChI=1S/C32H41NO4.C30H45BO4/c1-8-32(9-2,27-14-15-28(22(3)16-27)37-21-29(34)31(4,5)6)26-12-10-24(11-13-26)25-17-23(19-33-20-25)18-30(35)36-7;1-11-30(12-2,23-15-18-25(21(3)19-23)33-20-26(32)27(4,5)6)22-13-16-24(17-14-22)31-34-28(7,8)29(9,10)35-31/h10-17,19-20,29,34H,8-9,18,21H2,1-7H3;13-19,26,32H,11-12,20H2,1-10H3. The Kier molecular flexibility index (Phi) is 18.9. The summed E-state index contributed by atoms with van der Waals surface area (Å²) >= 11 is 0. The number of nitrogens with zero attached hydrogens (tertiary/aromatic N) is 1. The van der Waals surface area contributed by atoms with Gasteiger partial charge in [-0.2, -0.15) is 0 Å². The molecule has 0 aliphatic carbocycles. The minimum absolute atomic E-state index is 0.0946. The first-order valence-corrected chi connectivity index (χ1v) is 26.1. The molecule has 5 aromatic rings. The first-order valence-electron chi connectivity index (χ1n) is 26.1. The zero-order chi connectivity index (χ0) is 53.5. The number of aliphatic hydroxyl groups is 2. The number of rotatable bonds is 18. The lowest BCUT2D eigenvalue weighted by molar-refractivity contribution is -0.139. The second kappa shape index (κ2) is 23.5. The largest absolute Gasteiger partial charge is 0.494 e. The number of aromatic nitrogens is 1. The Morgan fingerprint density at radius 3 is 1.38 bits per heavy atom. The molecule has 1 saturated heterocycles. The Morgan fingerprint density at radius 2 is 1.00 bits per heavy atom. The predicted octanol–water partition coefficient (Wildman–Crippen LogP) is 12.9. The van der Waals surface area contributed by atoms with E-state index in [9.17, 15) is 15.0 Å². The molecule has 0 spiro atoms. The fraction of sp³-hybridized carbons (Fsp3) is 0.516. The molecule has 2 unspecified atom stereocenters. The van der Waals surface area contributed by atoms with E-state index >= 15 is 0 Å². The molecule has 1 aliphatic heterocycles. The van der Waals surface area contributed by atoms with Crippen LogP contribution in [0.3, 0.4) is 0 Å². The van der Waals surface area contributed by atoms with E-state index in [0.29, 0.717) is 0 Å².